The molecule has 5 nitrogen and oxygen atoms in total. The van der Waals surface area contributed by atoms with E-state index in [4.69, 9.17) is 4.74 Å². The molecule has 6 heteroatoms. The van der Waals surface area contributed by atoms with E-state index in [2.05, 4.69) is 47.3 Å². The minimum atomic E-state index is -0.288. The highest BCUT2D eigenvalue weighted by molar-refractivity contribution is 9.10. The summed E-state index contributed by atoms with van der Waals surface area (Å²) >= 11 is 3.48. The first-order valence-corrected chi connectivity index (χ1v) is 9.99. The second-order valence-electron chi connectivity index (χ2n) is 7.94. The van der Waals surface area contributed by atoms with E-state index in [0.29, 0.717) is 17.0 Å². The van der Waals surface area contributed by atoms with Crippen molar-refractivity contribution in [1.29, 1.82) is 0 Å². The average molecular weight is 447 g/mol. The fraction of sp³-hybridized carbons (Fsp3) is 0.364. The number of anilines is 1. The van der Waals surface area contributed by atoms with Gasteiger partial charge < -0.3 is 15.4 Å². The van der Waals surface area contributed by atoms with Crippen molar-refractivity contribution in [3.05, 3.63) is 58.1 Å². The quantitative estimate of drug-likeness (QED) is 0.662. The molecule has 0 aliphatic heterocycles. The normalized spacial score (nSPS) is 11.2. The lowest BCUT2D eigenvalue weighted by molar-refractivity contribution is -0.118. The summed E-state index contributed by atoms with van der Waals surface area (Å²) in [6, 6.07) is 12.6. The lowest BCUT2D eigenvalue weighted by Gasteiger charge is -2.23. The van der Waals surface area contributed by atoms with E-state index in [9.17, 15) is 9.59 Å². The number of amides is 2. The molecule has 0 saturated carbocycles. The summed E-state index contributed by atoms with van der Waals surface area (Å²) in [6.07, 6.45) is 0. The molecular weight excluding hydrogens is 420 g/mol. The smallest absolute Gasteiger partial charge is 0.262 e. The molecule has 0 aliphatic carbocycles. The molecule has 2 aromatic carbocycles. The van der Waals surface area contributed by atoms with Crippen molar-refractivity contribution >= 4 is 33.4 Å². The number of ether oxygens (including phenoxy) is 1. The summed E-state index contributed by atoms with van der Waals surface area (Å²) in [4.78, 5) is 24.4. The first-order valence-electron chi connectivity index (χ1n) is 9.20. The lowest BCUT2D eigenvalue weighted by atomic mass is 9.86. The zero-order chi connectivity index (χ0) is 20.9. The summed E-state index contributed by atoms with van der Waals surface area (Å²) in [5.41, 5.74) is 1.95. The number of rotatable bonds is 6. The van der Waals surface area contributed by atoms with E-state index in [1.165, 1.54) is 0 Å². The zero-order valence-electron chi connectivity index (χ0n) is 16.9. The van der Waals surface area contributed by atoms with Gasteiger partial charge in [0.15, 0.2) is 6.61 Å². The minimum Gasteiger partial charge on any atom is -0.483 e. The second kappa shape index (κ2) is 9.24. The van der Waals surface area contributed by atoms with Crippen molar-refractivity contribution < 1.29 is 14.3 Å². The standard InChI is InChI=1S/C22H27BrN2O3/c1-14(2)24-21(27)15-7-6-8-17(11-15)25-20(26)13-28-19-10-9-16(23)12-18(19)22(3,4)5/h6-12,14H,13H2,1-5H3,(H,24,27)(H,25,26). The van der Waals surface area contributed by atoms with E-state index in [1.54, 1.807) is 24.3 Å². The van der Waals surface area contributed by atoms with Crippen molar-refractivity contribution in [1.82, 2.24) is 5.32 Å². The van der Waals surface area contributed by atoms with Crippen LogP contribution in [0.3, 0.4) is 0 Å². The molecule has 0 saturated heterocycles. The van der Waals surface area contributed by atoms with E-state index >= 15 is 0 Å². The molecule has 0 fully saturated rings. The van der Waals surface area contributed by atoms with Gasteiger partial charge in [0.2, 0.25) is 0 Å². The van der Waals surface area contributed by atoms with Crippen LogP contribution in [0.1, 0.15) is 50.5 Å². The number of carbonyl (C=O) groups is 2. The molecule has 2 rings (SSSR count). The maximum Gasteiger partial charge on any atom is 0.262 e. The molecule has 0 heterocycles. The topological polar surface area (TPSA) is 67.4 Å². The van der Waals surface area contributed by atoms with Gasteiger partial charge in [-0.1, -0.05) is 42.8 Å². The Hall–Kier alpha value is -2.34. The Balaban J connectivity index is 2.03. The number of hydrogen-bond donors (Lipinski definition) is 2. The van der Waals surface area contributed by atoms with Gasteiger partial charge in [-0.3, -0.25) is 9.59 Å². The molecule has 0 bridgehead atoms. The highest BCUT2D eigenvalue weighted by atomic mass is 79.9. The number of hydrogen-bond acceptors (Lipinski definition) is 3. The van der Waals surface area contributed by atoms with Gasteiger partial charge in [0.1, 0.15) is 5.75 Å². The van der Waals surface area contributed by atoms with Gasteiger partial charge in [-0.15, -0.1) is 0 Å². The van der Waals surface area contributed by atoms with Crippen LogP contribution in [-0.4, -0.2) is 24.5 Å². The zero-order valence-corrected chi connectivity index (χ0v) is 18.5. The van der Waals surface area contributed by atoms with Crippen molar-refractivity contribution in [2.45, 2.75) is 46.1 Å². The Bertz CT molecular complexity index is 857. The van der Waals surface area contributed by atoms with E-state index in [1.807, 2.05) is 32.0 Å². The number of benzene rings is 2. The third kappa shape index (κ3) is 6.37. The maximum atomic E-state index is 12.3. The molecule has 0 spiro atoms. The molecule has 150 valence electrons. The van der Waals surface area contributed by atoms with Crippen LogP contribution in [-0.2, 0) is 10.2 Å². The molecule has 0 atom stereocenters. The first kappa shape index (κ1) is 22.0. The Labute approximate surface area is 175 Å². The van der Waals surface area contributed by atoms with Gasteiger partial charge in [0, 0.05) is 27.3 Å². The van der Waals surface area contributed by atoms with Gasteiger partial charge in [-0.2, -0.15) is 0 Å². The fourth-order valence-corrected chi connectivity index (χ4v) is 3.00. The van der Waals surface area contributed by atoms with Crippen molar-refractivity contribution in [3.8, 4) is 5.75 Å². The minimum absolute atomic E-state index is 0.0436. The van der Waals surface area contributed by atoms with Crippen LogP contribution in [0.5, 0.6) is 5.75 Å². The molecule has 2 N–H and O–H groups in total. The first-order chi connectivity index (χ1) is 13.1. The number of nitrogens with one attached hydrogen (secondary N) is 2. The molecule has 0 radical (unpaired) electrons. The van der Waals surface area contributed by atoms with E-state index < -0.39 is 0 Å². The SMILES string of the molecule is CC(C)NC(=O)c1cccc(NC(=O)COc2ccc(Br)cc2C(C)(C)C)c1. The summed E-state index contributed by atoms with van der Waals surface area (Å²) in [6.45, 7) is 9.96. The maximum absolute atomic E-state index is 12.3. The van der Waals surface area contributed by atoms with Crippen molar-refractivity contribution in [3.63, 3.8) is 0 Å². The van der Waals surface area contributed by atoms with E-state index in [-0.39, 0.29) is 29.9 Å². The molecule has 2 aromatic rings. The third-order valence-corrected chi connectivity index (χ3v) is 4.43. The molecule has 28 heavy (non-hydrogen) atoms. The van der Waals surface area contributed by atoms with Gasteiger partial charge in [0.25, 0.3) is 11.8 Å². The van der Waals surface area contributed by atoms with Crippen LogP contribution in [0.4, 0.5) is 5.69 Å². The number of halogens is 1. The summed E-state index contributed by atoms with van der Waals surface area (Å²) in [7, 11) is 0. The van der Waals surface area contributed by atoms with Gasteiger partial charge in [-0.25, -0.2) is 0 Å². The molecule has 0 aliphatic rings. The predicted molar refractivity (Wildman–Crippen MR) is 116 cm³/mol. The average Bonchev–Trinajstić information content (AvgIpc) is 2.59. The van der Waals surface area contributed by atoms with Crippen LogP contribution in [0, 0.1) is 0 Å². The lowest BCUT2D eigenvalue weighted by Crippen LogP contribution is -2.30. The second-order valence-corrected chi connectivity index (χ2v) is 8.85. The van der Waals surface area contributed by atoms with E-state index in [0.717, 1.165) is 10.0 Å². The highest BCUT2D eigenvalue weighted by Gasteiger charge is 2.20. The highest BCUT2D eigenvalue weighted by Crippen LogP contribution is 2.33. The summed E-state index contributed by atoms with van der Waals surface area (Å²) in [5.74, 6) is 0.215. The number of carbonyl (C=O) groups excluding carboxylic acids is 2. The van der Waals surface area contributed by atoms with Crippen LogP contribution in [0.15, 0.2) is 46.9 Å². The molecule has 0 unspecified atom stereocenters. The van der Waals surface area contributed by atoms with Gasteiger partial charge >= 0.3 is 0 Å². The Morgan fingerprint density at radius 1 is 1.11 bits per heavy atom. The summed E-state index contributed by atoms with van der Waals surface area (Å²) in [5, 5.41) is 5.61. The van der Waals surface area contributed by atoms with Crippen LogP contribution < -0.4 is 15.4 Å². The fourth-order valence-electron chi connectivity index (χ4n) is 2.64. The van der Waals surface area contributed by atoms with Crippen LogP contribution in [0.2, 0.25) is 0 Å². The molecule has 0 aromatic heterocycles. The monoisotopic (exact) mass is 446 g/mol. The van der Waals surface area contributed by atoms with Crippen LogP contribution >= 0.6 is 15.9 Å². The Kier molecular flexibility index (Phi) is 7.24. The van der Waals surface area contributed by atoms with Crippen molar-refractivity contribution in [2.24, 2.45) is 0 Å². The predicted octanol–water partition coefficient (Wildman–Crippen LogP) is 4.90. The largest absolute Gasteiger partial charge is 0.483 e. The summed E-state index contributed by atoms with van der Waals surface area (Å²) < 4.78 is 6.73. The molecular formula is C22H27BrN2O3. The van der Waals surface area contributed by atoms with Crippen LogP contribution in [0.25, 0.3) is 0 Å². The van der Waals surface area contributed by atoms with Gasteiger partial charge in [0.05, 0.1) is 0 Å². The third-order valence-electron chi connectivity index (χ3n) is 3.94. The van der Waals surface area contributed by atoms with Crippen molar-refractivity contribution in [2.75, 3.05) is 11.9 Å². The molecule has 2 amide bonds. The Morgan fingerprint density at radius 3 is 2.46 bits per heavy atom. The van der Waals surface area contributed by atoms with Gasteiger partial charge in [-0.05, 0) is 55.7 Å². The Morgan fingerprint density at radius 2 is 1.82 bits per heavy atom.